The van der Waals surface area contributed by atoms with E-state index in [1.54, 1.807) is 0 Å². The maximum atomic E-state index is 11.1. The van der Waals surface area contributed by atoms with Crippen LogP contribution in [0.5, 0.6) is 0 Å². The lowest BCUT2D eigenvalue weighted by Crippen LogP contribution is -2.54. The van der Waals surface area contributed by atoms with Gasteiger partial charge in [-0.3, -0.25) is 4.79 Å². The number of carbonyl (C=O) groups is 2. The normalized spacial score (nSPS) is 28.6. The highest BCUT2D eigenvalue weighted by atomic mass is 16.5. The van der Waals surface area contributed by atoms with Crippen LogP contribution in [-0.2, 0) is 14.3 Å². The molecule has 1 aliphatic rings. The standard InChI is InChI=1S/C8H13NO4/c1-5-3-9(6(2)10)7(4-13-5)8(11)12/h5,7H,3-4H2,1-2H3,(H,11,12)/t5-,7-/m0/s1. The Kier molecular flexibility index (Phi) is 2.87. The molecule has 2 atom stereocenters. The van der Waals surface area contributed by atoms with Gasteiger partial charge in [0.25, 0.3) is 0 Å². The van der Waals surface area contributed by atoms with Gasteiger partial charge in [0.15, 0.2) is 6.04 Å². The van der Waals surface area contributed by atoms with Gasteiger partial charge in [-0.25, -0.2) is 4.79 Å². The van der Waals surface area contributed by atoms with Gasteiger partial charge < -0.3 is 14.7 Å². The Morgan fingerprint density at radius 3 is 2.62 bits per heavy atom. The maximum Gasteiger partial charge on any atom is 0.328 e. The second-order valence-corrected chi connectivity index (χ2v) is 3.17. The predicted molar refractivity (Wildman–Crippen MR) is 44.2 cm³/mol. The molecule has 0 aromatic rings. The molecule has 13 heavy (non-hydrogen) atoms. The quantitative estimate of drug-likeness (QED) is 0.612. The van der Waals surface area contributed by atoms with Gasteiger partial charge in [-0.2, -0.15) is 0 Å². The predicted octanol–water partition coefficient (Wildman–Crippen LogP) is -0.293. The number of hydrogen-bond donors (Lipinski definition) is 1. The molecule has 1 heterocycles. The van der Waals surface area contributed by atoms with E-state index in [0.29, 0.717) is 6.54 Å². The summed E-state index contributed by atoms with van der Waals surface area (Å²) in [5.41, 5.74) is 0. The summed E-state index contributed by atoms with van der Waals surface area (Å²) in [5.74, 6) is -1.23. The fourth-order valence-electron chi connectivity index (χ4n) is 1.35. The highest BCUT2D eigenvalue weighted by Crippen LogP contribution is 2.11. The van der Waals surface area contributed by atoms with E-state index in [0.717, 1.165) is 0 Å². The molecule has 1 fully saturated rings. The number of ether oxygens (including phenoxy) is 1. The molecule has 0 unspecified atom stereocenters. The van der Waals surface area contributed by atoms with Crippen LogP contribution >= 0.6 is 0 Å². The summed E-state index contributed by atoms with van der Waals surface area (Å²) in [6.45, 7) is 3.62. The Balaban J connectivity index is 2.72. The van der Waals surface area contributed by atoms with Crippen LogP contribution in [0.25, 0.3) is 0 Å². The first kappa shape index (κ1) is 9.98. The van der Waals surface area contributed by atoms with Crippen LogP contribution in [0.3, 0.4) is 0 Å². The molecule has 1 amide bonds. The van der Waals surface area contributed by atoms with Crippen LogP contribution in [0.1, 0.15) is 13.8 Å². The fraction of sp³-hybridized carbons (Fsp3) is 0.750. The molecule has 1 rings (SSSR count). The zero-order chi connectivity index (χ0) is 10.0. The van der Waals surface area contributed by atoms with E-state index < -0.39 is 12.0 Å². The summed E-state index contributed by atoms with van der Waals surface area (Å²) in [7, 11) is 0. The van der Waals surface area contributed by atoms with E-state index in [9.17, 15) is 9.59 Å². The van der Waals surface area contributed by atoms with Crippen molar-refractivity contribution < 1.29 is 19.4 Å². The number of hydrogen-bond acceptors (Lipinski definition) is 3. The molecule has 1 saturated heterocycles. The molecule has 0 aliphatic carbocycles. The number of rotatable bonds is 1. The SMILES string of the molecule is CC(=O)N1C[C@H](C)OC[C@H]1C(=O)O. The molecule has 5 heteroatoms. The third-order valence-corrected chi connectivity index (χ3v) is 2.06. The van der Waals surface area contributed by atoms with Gasteiger partial charge in [-0.1, -0.05) is 0 Å². The van der Waals surface area contributed by atoms with Crippen LogP contribution < -0.4 is 0 Å². The average Bonchev–Trinajstić information content (AvgIpc) is 2.03. The maximum absolute atomic E-state index is 11.1. The van der Waals surface area contributed by atoms with Crippen molar-refractivity contribution in [3.63, 3.8) is 0 Å². The van der Waals surface area contributed by atoms with Gasteiger partial charge in [0.2, 0.25) is 5.91 Å². The van der Waals surface area contributed by atoms with E-state index in [1.165, 1.54) is 11.8 Å². The lowest BCUT2D eigenvalue weighted by atomic mass is 10.2. The Morgan fingerprint density at radius 1 is 1.54 bits per heavy atom. The first-order chi connectivity index (χ1) is 6.02. The molecule has 0 aromatic heterocycles. The Hall–Kier alpha value is -1.10. The molecule has 1 aliphatic heterocycles. The first-order valence-corrected chi connectivity index (χ1v) is 4.14. The average molecular weight is 187 g/mol. The second kappa shape index (κ2) is 3.74. The summed E-state index contributed by atoms with van der Waals surface area (Å²) in [6, 6.07) is -0.825. The molecule has 0 bridgehead atoms. The van der Waals surface area contributed by atoms with E-state index >= 15 is 0 Å². The number of carboxylic acid groups (broad SMARTS) is 1. The molecule has 5 nitrogen and oxygen atoms in total. The topological polar surface area (TPSA) is 66.8 Å². The second-order valence-electron chi connectivity index (χ2n) is 3.17. The van der Waals surface area contributed by atoms with Crippen molar-refractivity contribution in [3.05, 3.63) is 0 Å². The Bertz CT molecular complexity index is 228. The molecule has 0 saturated carbocycles. The van der Waals surface area contributed by atoms with Crippen LogP contribution in [0.2, 0.25) is 0 Å². The number of carboxylic acids is 1. The van der Waals surface area contributed by atoms with Gasteiger partial charge >= 0.3 is 5.97 Å². The minimum absolute atomic E-state index is 0.0794. The number of morpholine rings is 1. The van der Waals surface area contributed by atoms with E-state index in [2.05, 4.69) is 0 Å². The van der Waals surface area contributed by atoms with Crippen molar-refractivity contribution in [3.8, 4) is 0 Å². The van der Waals surface area contributed by atoms with Crippen molar-refractivity contribution in [2.45, 2.75) is 26.0 Å². The number of amides is 1. The minimum atomic E-state index is -1.01. The van der Waals surface area contributed by atoms with E-state index in [-0.39, 0.29) is 18.6 Å². The molecular weight excluding hydrogens is 174 g/mol. The highest BCUT2D eigenvalue weighted by Gasteiger charge is 2.33. The fourth-order valence-corrected chi connectivity index (χ4v) is 1.35. The smallest absolute Gasteiger partial charge is 0.328 e. The number of aliphatic carboxylic acids is 1. The summed E-state index contributed by atoms with van der Waals surface area (Å²) in [6.07, 6.45) is -0.0838. The third-order valence-electron chi connectivity index (χ3n) is 2.06. The minimum Gasteiger partial charge on any atom is -0.480 e. The Labute approximate surface area is 76.3 Å². The lowest BCUT2D eigenvalue weighted by molar-refractivity contribution is -0.161. The molecule has 1 N–H and O–H groups in total. The van der Waals surface area contributed by atoms with Crippen molar-refractivity contribution in [2.75, 3.05) is 13.2 Å². The first-order valence-electron chi connectivity index (χ1n) is 4.14. The van der Waals surface area contributed by atoms with E-state index in [4.69, 9.17) is 9.84 Å². The largest absolute Gasteiger partial charge is 0.480 e. The van der Waals surface area contributed by atoms with Crippen molar-refractivity contribution >= 4 is 11.9 Å². The monoisotopic (exact) mass is 187 g/mol. The van der Waals surface area contributed by atoms with Gasteiger partial charge in [-0.15, -0.1) is 0 Å². The van der Waals surface area contributed by atoms with Crippen molar-refractivity contribution in [2.24, 2.45) is 0 Å². The molecule has 0 spiro atoms. The van der Waals surface area contributed by atoms with Gasteiger partial charge in [0, 0.05) is 13.5 Å². The zero-order valence-corrected chi connectivity index (χ0v) is 7.69. The summed E-state index contributed by atoms with van der Waals surface area (Å²) < 4.78 is 5.16. The van der Waals surface area contributed by atoms with Gasteiger partial charge in [0.1, 0.15) is 0 Å². The molecule has 74 valence electrons. The van der Waals surface area contributed by atoms with Crippen molar-refractivity contribution in [1.82, 2.24) is 4.90 Å². The molecular formula is C8H13NO4. The van der Waals surface area contributed by atoms with Gasteiger partial charge in [0.05, 0.1) is 12.7 Å². The van der Waals surface area contributed by atoms with Crippen LogP contribution in [-0.4, -0.2) is 47.2 Å². The summed E-state index contributed by atoms with van der Waals surface area (Å²) >= 11 is 0. The molecule has 0 radical (unpaired) electrons. The van der Waals surface area contributed by atoms with E-state index in [1.807, 2.05) is 6.92 Å². The number of carbonyl (C=O) groups excluding carboxylic acids is 1. The van der Waals surface area contributed by atoms with Crippen molar-refractivity contribution in [1.29, 1.82) is 0 Å². The summed E-state index contributed by atoms with van der Waals surface area (Å²) in [4.78, 5) is 23.1. The van der Waals surface area contributed by atoms with Crippen LogP contribution in [0, 0.1) is 0 Å². The zero-order valence-electron chi connectivity index (χ0n) is 7.69. The van der Waals surface area contributed by atoms with Crippen LogP contribution in [0.15, 0.2) is 0 Å². The number of nitrogens with zero attached hydrogens (tertiary/aromatic N) is 1. The Morgan fingerprint density at radius 2 is 2.15 bits per heavy atom. The molecule has 0 aromatic carbocycles. The highest BCUT2D eigenvalue weighted by molar-refractivity contribution is 5.82. The summed E-state index contributed by atoms with van der Waals surface area (Å²) in [5, 5.41) is 8.77. The third kappa shape index (κ3) is 2.18. The van der Waals surface area contributed by atoms with Crippen LogP contribution in [0.4, 0.5) is 0 Å². The van der Waals surface area contributed by atoms with Gasteiger partial charge in [-0.05, 0) is 6.92 Å². The lowest BCUT2D eigenvalue weighted by Gasteiger charge is -2.35.